The van der Waals surface area contributed by atoms with E-state index in [-0.39, 0.29) is 0 Å². The zero-order chi connectivity index (χ0) is 13.0. The van der Waals surface area contributed by atoms with Crippen molar-refractivity contribution >= 4 is 0 Å². The van der Waals surface area contributed by atoms with E-state index in [1.54, 1.807) is 24.4 Å². The van der Waals surface area contributed by atoms with Crippen molar-refractivity contribution < 1.29 is 9.13 Å². The lowest BCUT2D eigenvalue weighted by molar-refractivity contribution is 0.410. The van der Waals surface area contributed by atoms with Gasteiger partial charge in [-0.3, -0.25) is 5.84 Å². The van der Waals surface area contributed by atoms with Gasteiger partial charge in [-0.2, -0.15) is 0 Å². The predicted octanol–water partition coefficient (Wildman–Crippen LogP) is 1.18. The Bertz CT molecular complexity index is 521. The standard InChI is InChI=1S/C12H13FN4O/c1-18-8-2-3-9(10(13)6-8)12(17-14)11-4-5-15-7-16-11/h2-7,12,17H,14H2,1H3. The minimum Gasteiger partial charge on any atom is -0.497 e. The first-order valence-corrected chi connectivity index (χ1v) is 5.31. The molecule has 0 spiro atoms. The molecule has 0 aliphatic carbocycles. The van der Waals surface area contributed by atoms with Gasteiger partial charge in [-0.05, 0) is 12.1 Å². The fourth-order valence-corrected chi connectivity index (χ4v) is 1.68. The number of nitrogens with one attached hydrogen (secondary N) is 1. The summed E-state index contributed by atoms with van der Waals surface area (Å²) < 4.78 is 18.9. The number of hydrogen-bond donors (Lipinski definition) is 2. The molecule has 0 amide bonds. The highest BCUT2D eigenvalue weighted by Crippen LogP contribution is 2.25. The van der Waals surface area contributed by atoms with Gasteiger partial charge in [0.15, 0.2) is 0 Å². The SMILES string of the molecule is COc1ccc(C(NN)c2ccncn2)c(F)c1. The zero-order valence-electron chi connectivity index (χ0n) is 9.80. The van der Waals surface area contributed by atoms with E-state index in [1.165, 1.54) is 19.5 Å². The van der Waals surface area contributed by atoms with Crippen LogP contribution in [-0.2, 0) is 0 Å². The van der Waals surface area contributed by atoms with Gasteiger partial charge >= 0.3 is 0 Å². The number of hydrazine groups is 1. The van der Waals surface area contributed by atoms with Crippen LogP contribution in [0.15, 0.2) is 36.8 Å². The van der Waals surface area contributed by atoms with Crippen molar-refractivity contribution in [1.29, 1.82) is 0 Å². The van der Waals surface area contributed by atoms with Crippen LogP contribution in [0.3, 0.4) is 0 Å². The van der Waals surface area contributed by atoms with Crippen LogP contribution in [-0.4, -0.2) is 17.1 Å². The molecule has 0 saturated carbocycles. The molecule has 0 aliphatic rings. The third-order valence-electron chi connectivity index (χ3n) is 2.59. The number of hydrogen-bond acceptors (Lipinski definition) is 5. The Morgan fingerprint density at radius 2 is 2.22 bits per heavy atom. The van der Waals surface area contributed by atoms with Gasteiger partial charge in [-0.25, -0.2) is 19.8 Å². The number of aromatic nitrogens is 2. The Kier molecular flexibility index (Phi) is 3.81. The Morgan fingerprint density at radius 3 is 2.78 bits per heavy atom. The van der Waals surface area contributed by atoms with Crippen LogP contribution >= 0.6 is 0 Å². The number of nitrogens with two attached hydrogens (primary N) is 1. The van der Waals surface area contributed by atoms with E-state index in [1.807, 2.05) is 0 Å². The van der Waals surface area contributed by atoms with Crippen molar-refractivity contribution in [1.82, 2.24) is 15.4 Å². The third-order valence-corrected chi connectivity index (χ3v) is 2.59. The largest absolute Gasteiger partial charge is 0.497 e. The lowest BCUT2D eigenvalue weighted by Crippen LogP contribution is -2.30. The van der Waals surface area contributed by atoms with Gasteiger partial charge in [0.2, 0.25) is 0 Å². The van der Waals surface area contributed by atoms with E-state index >= 15 is 0 Å². The number of halogens is 1. The average molecular weight is 248 g/mol. The van der Waals surface area contributed by atoms with Crippen LogP contribution in [0, 0.1) is 5.82 Å². The van der Waals surface area contributed by atoms with Gasteiger partial charge in [-0.1, -0.05) is 6.07 Å². The molecule has 1 heterocycles. The molecule has 0 bridgehead atoms. The van der Waals surface area contributed by atoms with Crippen LogP contribution in [0.25, 0.3) is 0 Å². The summed E-state index contributed by atoms with van der Waals surface area (Å²) >= 11 is 0. The van der Waals surface area contributed by atoms with Crippen LogP contribution < -0.4 is 16.0 Å². The summed E-state index contributed by atoms with van der Waals surface area (Å²) in [5.74, 6) is 5.51. The summed E-state index contributed by atoms with van der Waals surface area (Å²) in [6, 6.07) is 5.73. The molecular formula is C12H13FN4O. The molecule has 1 aromatic carbocycles. The first-order chi connectivity index (χ1) is 8.76. The monoisotopic (exact) mass is 248 g/mol. The fourth-order valence-electron chi connectivity index (χ4n) is 1.68. The third kappa shape index (κ3) is 2.44. The smallest absolute Gasteiger partial charge is 0.132 e. The maximum Gasteiger partial charge on any atom is 0.132 e. The lowest BCUT2D eigenvalue weighted by Gasteiger charge is -2.16. The number of benzene rings is 1. The van der Waals surface area contributed by atoms with Gasteiger partial charge < -0.3 is 4.74 Å². The van der Waals surface area contributed by atoms with Crippen molar-refractivity contribution in [3.8, 4) is 5.75 Å². The maximum atomic E-state index is 13.9. The van der Waals surface area contributed by atoms with Gasteiger partial charge in [-0.15, -0.1) is 0 Å². The van der Waals surface area contributed by atoms with E-state index in [0.29, 0.717) is 17.0 Å². The molecule has 1 aromatic heterocycles. The van der Waals surface area contributed by atoms with E-state index in [0.717, 1.165) is 0 Å². The molecule has 0 aliphatic heterocycles. The molecule has 1 atom stereocenters. The highest BCUT2D eigenvalue weighted by Gasteiger charge is 2.18. The predicted molar refractivity (Wildman–Crippen MR) is 64.2 cm³/mol. The molecule has 2 aromatic rings. The zero-order valence-corrected chi connectivity index (χ0v) is 9.80. The van der Waals surface area contributed by atoms with Crippen molar-refractivity contribution in [2.75, 3.05) is 7.11 Å². The van der Waals surface area contributed by atoms with E-state index in [4.69, 9.17) is 10.6 Å². The Hall–Kier alpha value is -2.05. The minimum atomic E-state index is -0.529. The summed E-state index contributed by atoms with van der Waals surface area (Å²) in [4.78, 5) is 7.87. The van der Waals surface area contributed by atoms with Crippen molar-refractivity contribution in [2.24, 2.45) is 5.84 Å². The molecule has 3 N–H and O–H groups in total. The second-order valence-corrected chi connectivity index (χ2v) is 3.62. The van der Waals surface area contributed by atoms with Gasteiger partial charge in [0.25, 0.3) is 0 Å². The molecule has 18 heavy (non-hydrogen) atoms. The van der Waals surface area contributed by atoms with Crippen molar-refractivity contribution in [2.45, 2.75) is 6.04 Å². The van der Waals surface area contributed by atoms with Crippen LogP contribution in [0.1, 0.15) is 17.3 Å². The lowest BCUT2D eigenvalue weighted by atomic mass is 10.0. The molecule has 0 fully saturated rings. The summed E-state index contributed by atoms with van der Waals surface area (Å²) in [5, 5.41) is 0. The minimum absolute atomic E-state index is 0.400. The van der Waals surface area contributed by atoms with Crippen molar-refractivity contribution in [3.63, 3.8) is 0 Å². The van der Waals surface area contributed by atoms with E-state index in [9.17, 15) is 4.39 Å². The molecule has 0 radical (unpaired) electrons. The number of nitrogens with zero attached hydrogens (tertiary/aromatic N) is 2. The van der Waals surface area contributed by atoms with E-state index < -0.39 is 11.9 Å². The summed E-state index contributed by atoms with van der Waals surface area (Å²) in [6.45, 7) is 0. The normalized spacial score (nSPS) is 12.2. The highest BCUT2D eigenvalue weighted by atomic mass is 19.1. The second-order valence-electron chi connectivity index (χ2n) is 3.62. The van der Waals surface area contributed by atoms with Gasteiger partial charge in [0.1, 0.15) is 17.9 Å². The van der Waals surface area contributed by atoms with Gasteiger partial charge in [0, 0.05) is 17.8 Å². The van der Waals surface area contributed by atoms with E-state index in [2.05, 4.69) is 15.4 Å². The quantitative estimate of drug-likeness (QED) is 0.628. The van der Waals surface area contributed by atoms with Crippen LogP contribution in [0.5, 0.6) is 5.75 Å². The maximum absolute atomic E-state index is 13.9. The van der Waals surface area contributed by atoms with Crippen LogP contribution in [0.4, 0.5) is 4.39 Å². The molecule has 6 heteroatoms. The average Bonchev–Trinajstić information content (AvgIpc) is 2.42. The fraction of sp³-hybridized carbons (Fsp3) is 0.167. The van der Waals surface area contributed by atoms with Crippen molar-refractivity contribution in [3.05, 3.63) is 53.9 Å². The molecular weight excluding hydrogens is 235 g/mol. The number of rotatable bonds is 4. The topological polar surface area (TPSA) is 73.1 Å². The molecule has 5 nitrogen and oxygen atoms in total. The van der Waals surface area contributed by atoms with Gasteiger partial charge in [0.05, 0.1) is 18.8 Å². The number of ether oxygens (including phenoxy) is 1. The Morgan fingerprint density at radius 1 is 1.39 bits per heavy atom. The summed E-state index contributed by atoms with van der Waals surface area (Å²) in [7, 11) is 1.48. The number of methoxy groups -OCH3 is 1. The first-order valence-electron chi connectivity index (χ1n) is 5.31. The Balaban J connectivity index is 2.39. The Labute approximate surface area is 104 Å². The molecule has 1 unspecified atom stereocenters. The highest BCUT2D eigenvalue weighted by molar-refractivity contribution is 5.34. The molecule has 2 rings (SSSR count). The van der Waals surface area contributed by atoms with Crippen LogP contribution in [0.2, 0.25) is 0 Å². The first kappa shape index (κ1) is 12.4. The second kappa shape index (κ2) is 5.52. The summed E-state index contributed by atoms with van der Waals surface area (Å²) in [6.07, 6.45) is 2.97. The molecule has 0 saturated heterocycles. The summed E-state index contributed by atoms with van der Waals surface area (Å²) in [5.41, 5.74) is 3.54. The molecule has 94 valence electrons.